The zero-order valence-corrected chi connectivity index (χ0v) is 12.3. The molecule has 0 aromatic heterocycles. The standard InChI is InChI=1S/C17H18N2O3/c1-12(21)13-6-8-16(9-7-13)19-17(22)18-10-14-4-2-3-5-15(14)11-20/h2-9,20H,10-11H2,1H3,(H2,18,19,22). The van der Waals surface area contributed by atoms with Gasteiger partial charge in [-0.05, 0) is 42.3 Å². The van der Waals surface area contributed by atoms with Crippen LogP contribution in [-0.2, 0) is 13.2 Å². The topological polar surface area (TPSA) is 78.4 Å². The van der Waals surface area contributed by atoms with Crippen LogP contribution < -0.4 is 10.6 Å². The molecule has 2 aromatic carbocycles. The van der Waals surface area contributed by atoms with Gasteiger partial charge in [-0.25, -0.2) is 4.79 Å². The molecular weight excluding hydrogens is 280 g/mol. The fraction of sp³-hybridized carbons (Fsp3) is 0.176. The predicted octanol–water partition coefficient (Wildman–Crippen LogP) is 2.70. The van der Waals surface area contributed by atoms with Crippen LogP contribution in [0.3, 0.4) is 0 Å². The molecule has 0 aliphatic carbocycles. The normalized spacial score (nSPS) is 10.1. The summed E-state index contributed by atoms with van der Waals surface area (Å²) in [6.07, 6.45) is 0. The molecule has 0 aliphatic rings. The van der Waals surface area contributed by atoms with Crippen molar-refractivity contribution < 1.29 is 14.7 Å². The molecule has 2 aromatic rings. The number of hydrogen-bond acceptors (Lipinski definition) is 3. The van der Waals surface area contributed by atoms with Crippen LogP contribution in [0.25, 0.3) is 0 Å². The maximum Gasteiger partial charge on any atom is 0.319 e. The summed E-state index contributed by atoms with van der Waals surface area (Å²) in [7, 11) is 0. The Kier molecular flexibility index (Phi) is 5.27. The molecule has 5 heteroatoms. The second-order valence-electron chi connectivity index (χ2n) is 4.87. The Bertz CT molecular complexity index is 666. The molecule has 0 unspecified atom stereocenters. The van der Waals surface area contributed by atoms with E-state index in [0.717, 1.165) is 11.1 Å². The van der Waals surface area contributed by atoms with Gasteiger partial charge in [0.05, 0.1) is 6.61 Å². The molecule has 0 bridgehead atoms. The van der Waals surface area contributed by atoms with Gasteiger partial charge in [-0.1, -0.05) is 24.3 Å². The van der Waals surface area contributed by atoms with Crippen molar-refractivity contribution in [3.05, 3.63) is 65.2 Å². The molecule has 3 N–H and O–H groups in total. The summed E-state index contributed by atoms with van der Waals surface area (Å²) in [5.74, 6) is -0.0170. The number of rotatable bonds is 5. The molecule has 5 nitrogen and oxygen atoms in total. The molecule has 114 valence electrons. The number of carbonyl (C=O) groups is 2. The third kappa shape index (κ3) is 4.17. The van der Waals surface area contributed by atoms with Gasteiger partial charge in [0, 0.05) is 17.8 Å². The summed E-state index contributed by atoms with van der Waals surface area (Å²) >= 11 is 0. The number of nitrogens with one attached hydrogen (secondary N) is 2. The number of Topliss-reactive ketones (excluding diaryl/α,β-unsaturated/α-hetero) is 1. The molecule has 0 radical (unpaired) electrons. The lowest BCUT2D eigenvalue weighted by Crippen LogP contribution is -2.28. The van der Waals surface area contributed by atoms with Crippen molar-refractivity contribution >= 4 is 17.5 Å². The van der Waals surface area contributed by atoms with Crippen LogP contribution in [0.15, 0.2) is 48.5 Å². The number of amides is 2. The van der Waals surface area contributed by atoms with Crippen LogP contribution in [-0.4, -0.2) is 16.9 Å². The van der Waals surface area contributed by atoms with E-state index in [0.29, 0.717) is 17.8 Å². The highest BCUT2D eigenvalue weighted by Gasteiger charge is 2.05. The summed E-state index contributed by atoms with van der Waals surface area (Å²) in [6, 6.07) is 13.7. The van der Waals surface area contributed by atoms with Crippen LogP contribution in [0, 0.1) is 0 Å². The Labute approximate surface area is 129 Å². The van der Waals surface area contributed by atoms with Crippen molar-refractivity contribution in [1.29, 1.82) is 0 Å². The van der Waals surface area contributed by atoms with Crippen LogP contribution in [0.4, 0.5) is 10.5 Å². The first-order chi connectivity index (χ1) is 10.6. The number of urea groups is 1. The van der Waals surface area contributed by atoms with Gasteiger partial charge in [-0.3, -0.25) is 4.79 Å². The number of hydrogen-bond donors (Lipinski definition) is 3. The van der Waals surface area contributed by atoms with Gasteiger partial charge in [0.1, 0.15) is 0 Å². The first-order valence-corrected chi connectivity index (χ1v) is 6.93. The van der Waals surface area contributed by atoms with E-state index in [4.69, 9.17) is 0 Å². The van der Waals surface area contributed by atoms with E-state index in [9.17, 15) is 14.7 Å². The minimum atomic E-state index is -0.344. The van der Waals surface area contributed by atoms with Crippen LogP contribution in [0.5, 0.6) is 0 Å². The van der Waals surface area contributed by atoms with Gasteiger partial charge in [0.25, 0.3) is 0 Å². The minimum Gasteiger partial charge on any atom is -0.392 e. The largest absolute Gasteiger partial charge is 0.392 e. The lowest BCUT2D eigenvalue weighted by molar-refractivity contribution is 0.101. The number of aliphatic hydroxyl groups is 1. The third-order valence-corrected chi connectivity index (χ3v) is 3.28. The molecule has 0 heterocycles. The summed E-state index contributed by atoms with van der Waals surface area (Å²) in [6.45, 7) is 1.76. The predicted molar refractivity (Wildman–Crippen MR) is 84.7 cm³/mol. The number of benzene rings is 2. The van der Waals surface area contributed by atoms with Crippen molar-refractivity contribution in [2.45, 2.75) is 20.1 Å². The first kappa shape index (κ1) is 15.7. The Morgan fingerprint density at radius 1 is 1.00 bits per heavy atom. The van der Waals surface area contributed by atoms with Crippen LogP contribution >= 0.6 is 0 Å². The second kappa shape index (κ2) is 7.38. The first-order valence-electron chi connectivity index (χ1n) is 6.93. The fourth-order valence-corrected chi connectivity index (χ4v) is 2.02. The van der Waals surface area contributed by atoms with Crippen LogP contribution in [0.1, 0.15) is 28.4 Å². The van der Waals surface area contributed by atoms with Crippen molar-refractivity contribution in [2.75, 3.05) is 5.32 Å². The van der Waals surface area contributed by atoms with Crippen LogP contribution in [0.2, 0.25) is 0 Å². The van der Waals surface area contributed by atoms with Gasteiger partial charge < -0.3 is 15.7 Å². The summed E-state index contributed by atoms with van der Waals surface area (Å²) in [4.78, 5) is 23.0. The number of ketones is 1. The Morgan fingerprint density at radius 3 is 2.23 bits per heavy atom. The van der Waals surface area contributed by atoms with E-state index in [1.165, 1.54) is 6.92 Å². The third-order valence-electron chi connectivity index (χ3n) is 3.28. The molecule has 0 spiro atoms. The number of carbonyl (C=O) groups excluding carboxylic acids is 2. The molecule has 2 amide bonds. The smallest absolute Gasteiger partial charge is 0.319 e. The summed E-state index contributed by atoms with van der Waals surface area (Å²) < 4.78 is 0. The van der Waals surface area contributed by atoms with Gasteiger partial charge in [-0.2, -0.15) is 0 Å². The zero-order chi connectivity index (χ0) is 15.9. The maximum absolute atomic E-state index is 11.9. The fourth-order valence-electron chi connectivity index (χ4n) is 2.02. The quantitative estimate of drug-likeness (QED) is 0.743. The maximum atomic E-state index is 11.9. The average molecular weight is 298 g/mol. The highest BCUT2D eigenvalue weighted by atomic mass is 16.3. The highest BCUT2D eigenvalue weighted by Crippen LogP contribution is 2.11. The van der Waals surface area contributed by atoms with Crippen molar-refractivity contribution in [1.82, 2.24) is 5.32 Å². The Morgan fingerprint density at radius 2 is 1.64 bits per heavy atom. The van der Waals surface area contributed by atoms with Gasteiger partial charge >= 0.3 is 6.03 Å². The summed E-state index contributed by atoms with van der Waals surface area (Å²) in [5.41, 5.74) is 2.86. The van der Waals surface area contributed by atoms with E-state index in [1.54, 1.807) is 24.3 Å². The van der Waals surface area contributed by atoms with E-state index in [2.05, 4.69) is 10.6 Å². The molecule has 22 heavy (non-hydrogen) atoms. The van der Waals surface area contributed by atoms with Gasteiger partial charge in [0.2, 0.25) is 0 Å². The molecule has 0 fully saturated rings. The average Bonchev–Trinajstić information content (AvgIpc) is 2.53. The summed E-state index contributed by atoms with van der Waals surface area (Å²) in [5, 5.41) is 14.7. The van der Waals surface area contributed by atoms with Crippen molar-refractivity contribution in [2.24, 2.45) is 0 Å². The SMILES string of the molecule is CC(=O)c1ccc(NC(=O)NCc2ccccc2CO)cc1. The zero-order valence-electron chi connectivity index (χ0n) is 12.3. The molecular formula is C17H18N2O3. The Balaban J connectivity index is 1.91. The lowest BCUT2D eigenvalue weighted by Gasteiger charge is -2.10. The highest BCUT2D eigenvalue weighted by molar-refractivity contribution is 5.95. The Hall–Kier alpha value is -2.66. The molecule has 0 aliphatic heterocycles. The monoisotopic (exact) mass is 298 g/mol. The lowest BCUT2D eigenvalue weighted by atomic mass is 10.1. The van der Waals surface area contributed by atoms with Crippen molar-refractivity contribution in [3.8, 4) is 0 Å². The van der Waals surface area contributed by atoms with E-state index < -0.39 is 0 Å². The molecule has 0 saturated heterocycles. The molecule has 0 saturated carbocycles. The van der Waals surface area contributed by atoms with E-state index >= 15 is 0 Å². The van der Waals surface area contributed by atoms with E-state index in [-0.39, 0.29) is 18.4 Å². The van der Waals surface area contributed by atoms with Crippen molar-refractivity contribution in [3.63, 3.8) is 0 Å². The van der Waals surface area contributed by atoms with Gasteiger partial charge in [0.15, 0.2) is 5.78 Å². The second-order valence-corrected chi connectivity index (χ2v) is 4.87. The van der Waals surface area contributed by atoms with Gasteiger partial charge in [-0.15, -0.1) is 0 Å². The number of aliphatic hydroxyl groups excluding tert-OH is 1. The minimum absolute atomic E-state index is 0.0170. The van der Waals surface area contributed by atoms with E-state index in [1.807, 2.05) is 24.3 Å². The molecule has 2 rings (SSSR count). The molecule has 0 atom stereocenters. The number of anilines is 1.